The molecule has 3 aromatic carbocycles. The maximum absolute atomic E-state index is 13.8. The fourth-order valence-corrected chi connectivity index (χ4v) is 5.42. The van der Waals surface area contributed by atoms with Crippen molar-refractivity contribution in [3.8, 4) is 0 Å². The van der Waals surface area contributed by atoms with E-state index < -0.39 is 39.3 Å². The Balaban J connectivity index is 2.05. The van der Waals surface area contributed by atoms with Gasteiger partial charge in [0.25, 0.3) is 15.7 Å². The molecule has 12 heteroatoms. The second-order valence-electron chi connectivity index (χ2n) is 9.05. The van der Waals surface area contributed by atoms with Gasteiger partial charge >= 0.3 is 0 Å². The summed E-state index contributed by atoms with van der Waals surface area (Å²) in [6, 6.07) is 18.1. The number of sulfonamides is 1. The Morgan fingerprint density at radius 1 is 0.949 bits per heavy atom. The Morgan fingerprint density at radius 3 is 2.10 bits per heavy atom. The van der Waals surface area contributed by atoms with E-state index in [4.69, 9.17) is 11.6 Å². The zero-order valence-electron chi connectivity index (χ0n) is 21.7. The summed E-state index contributed by atoms with van der Waals surface area (Å²) in [5.41, 5.74) is 0.390. The van der Waals surface area contributed by atoms with Crippen LogP contribution in [0.3, 0.4) is 0 Å². The average molecular weight is 573 g/mol. The molecule has 0 aliphatic carbocycles. The third-order valence-corrected chi connectivity index (χ3v) is 8.01. The van der Waals surface area contributed by atoms with Crippen molar-refractivity contribution in [2.24, 2.45) is 0 Å². The molecule has 0 aliphatic rings. The van der Waals surface area contributed by atoms with Crippen LogP contribution in [-0.4, -0.2) is 48.7 Å². The van der Waals surface area contributed by atoms with Gasteiger partial charge in [0.1, 0.15) is 12.6 Å². The third kappa shape index (κ3) is 7.33. The molecule has 0 bridgehead atoms. The molecule has 206 valence electrons. The first-order valence-electron chi connectivity index (χ1n) is 12.1. The van der Waals surface area contributed by atoms with Gasteiger partial charge < -0.3 is 10.2 Å². The Kier molecular flexibility index (Phi) is 9.66. The molecular weight excluding hydrogens is 544 g/mol. The predicted octanol–water partition coefficient (Wildman–Crippen LogP) is 4.39. The van der Waals surface area contributed by atoms with E-state index in [2.05, 4.69) is 5.32 Å². The zero-order chi connectivity index (χ0) is 28.7. The van der Waals surface area contributed by atoms with Gasteiger partial charge in [0.2, 0.25) is 11.8 Å². The molecular formula is C27H29ClN4O6S. The highest BCUT2D eigenvalue weighted by atomic mass is 35.5. The number of benzene rings is 3. The lowest BCUT2D eigenvalue weighted by Crippen LogP contribution is -2.52. The second kappa shape index (κ2) is 12.7. The molecule has 39 heavy (non-hydrogen) atoms. The van der Waals surface area contributed by atoms with Gasteiger partial charge in [-0.3, -0.25) is 24.0 Å². The van der Waals surface area contributed by atoms with E-state index in [1.807, 2.05) is 0 Å². The van der Waals surface area contributed by atoms with Crippen LogP contribution in [-0.2, 0) is 26.2 Å². The molecule has 0 saturated heterocycles. The van der Waals surface area contributed by atoms with Gasteiger partial charge in [-0.25, -0.2) is 8.42 Å². The van der Waals surface area contributed by atoms with Gasteiger partial charge in [-0.2, -0.15) is 0 Å². The van der Waals surface area contributed by atoms with Crippen molar-refractivity contribution >= 4 is 44.8 Å². The Bertz CT molecular complexity index is 1430. The summed E-state index contributed by atoms with van der Waals surface area (Å²) in [6.45, 7) is 4.40. The molecule has 1 atom stereocenters. The van der Waals surface area contributed by atoms with E-state index in [0.717, 1.165) is 16.4 Å². The largest absolute Gasteiger partial charge is 0.352 e. The monoisotopic (exact) mass is 572 g/mol. The van der Waals surface area contributed by atoms with Crippen molar-refractivity contribution < 1.29 is 22.9 Å². The van der Waals surface area contributed by atoms with Gasteiger partial charge in [0, 0.05) is 29.7 Å². The van der Waals surface area contributed by atoms with Crippen LogP contribution in [0.1, 0.15) is 26.3 Å². The average Bonchev–Trinajstić information content (AvgIpc) is 2.90. The van der Waals surface area contributed by atoms with Gasteiger partial charge in [0.15, 0.2) is 0 Å². The minimum Gasteiger partial charge on any atom is -0.352 e. The van der Waals surface area contributed by atoms with Crippen molar-refractivity contribution in [3.63, 3.8) is 0 Å². The van der Waals surface area contributed by atoms with Crippen LogP contribution in [0, 0.1) is 10.1 Å². The summed E-state index contributed by atoms with van der Waals surface area (Å²) < 4.78 is 28.3. The lowest BCUT2D eigenvalue weighted by Gasteiger charge is -2.32. The summed E-state index contributed by atoms with van der Waals surface area (Å²) in [7, 11) is -4.27. The van der Waals surface area contributed by atoms with Gasteiger partial charge in [-0.15, -0.1) is 0 Å². The summed E-state index contributed by atoms with van der Waals surface area (Å²) in [5.74, 6) is -1.09. The topological polar surface area (TPSA) is 130 Å². The summed E-state index contributed by atoms with van der Waals surface area (Å²) in [6.07, 6.45) is 0. The molecule has 10 nitrogen and oxygen atoms in total. The molecule has 0 heterocycles. The Labute approximate surface area is 232 Å². The van der Waals surface area contributed by atoms with E-state index in [0.29, 0.717) is 10.6 Å². The first kappa shape index (κ1) is 29.6. The van der Waals surface area contributed by atoms with E-state index in [9.17, 15) is 28.1 Å². The van der Waals surface area contributed by atoms with Crippen molar-refractivity contribution in [2.45, 2.75) is 44.3 Å². The van der Waals surface area contributed by atoms with Gasteiger partial charge in [-0.05, 0) is 56.7 Å². The SMILES string of the molecule is CC(C)NC(=O)[C@H](C)N(Cc1ccccc1Cl)C(=O)CN(c1ccc([N+](=O)[O-])cc1)S(=O)(=O)c1ccccc1. The van der Waals surface area contributed by atoms with Gasteiger partial charge in [0.05, 0.1) is 15.5 Å². The highest BCUT2D eigenvalue weighted by molar-refractivity contribution is 7.92. The van der Waals surface area contributed by atoms with Crippen LogP contribution in [0.2, 0.25) is 5.02 Å². The number of non-ortho nitro benzene ring substituents is 1. The highest BCUT2D eigenvalue weighted by Crippen LogP contribution is 2.27. The molecule has 0 saturated carbocycles. The van der Waals surface area contributed by atoms with Crippen LogP contribution in [0.25, 0.3) is 0 Å². The number of nitrogens with zero attached hydrogens (tertiary/aromatic N) is 3. The maximum Gasteiger partial charge on any atom is 0.269 e. The lowest BCUT2D eigenvalue weighted by molar-refractivity contribution is -0.384. The normalized spacial score (nSPS) is 12.0. The molecule has 0 unspecified atom stereocenters. The minimum atomic E-state index is -4.27. The fraction of sp³-hybridized carbons (Fsp3) is 0.259. The number of anilines is 1. The molecule has 3 rings (SSSR count). The standard InChI is InChI=1S/C27H29ClN4O6S/c1-19(2)29-27(34)20(3)30(17-21-9-7-8-12-25(21)28)26(33)18-31(22-13-15-23(16-14-22)32(35)36)39(37,38)24-10-5-4-6-11-24/h4-16,19-20H,17-18H2,1-3H3,(H,29,34)/t20-/m0/s1. The van der Waals surface area contributed by atoms with E-state index in [-0.39, 0.29) is 28.9 Å². The summed E-state index contributed by atoms with van der Waals surface area (Å²) in [5, 5.41) is 14.3. The Morgan fingerprint density at radius 2 is 1.54 bits per heavy atom. The number of hydrogen-bond acceptors (Lipinski definition) is 6. The number of halogens is 1. The number of nitro benzene ring substituents is 1. The molecule has 0 fully saturated rings. The number of carbonyl (C=O) groups is 2. The first-order chi connectivity index (χ1) is 18.4. The van der Waals surface area contributed by atoms with Crippen molar-refractivity contribution in [1.29, 1.82) is 0 Å². The number of nitro groups is 1. The molecule has 1 N–H and O–H groups in total. The molecule has 3 aromatic rings. The Hall–Kier alpha value is -3.96. The molecule has 0 spiro atoms. The highest BCUT2D eigenvalue weighted by Gasteiger charge is 2.33. The van der Waals surface area contributed by atoms with Crippen LogP contribution in [0.4, 0.5) is 11.4 Å². The smallest absolute Gasteiger partial charge is 0.269 e. The number of carbonyl (C=O) groups excluding carboxylic acids is 2. The van der Waals surface area contributed by atoms with Crippen molar-refractivity contribution in [2.75, 3.05) is 10.8 Å². The van der Waals surface area contributed by atoms with Crippen LogP contribution in [0.5, 0.6) is 0 Å². The number of amides is 2. The minimum absolute atomic E-state index is 0.0507. The van der Waals surface area contributed by atoms with Crippen LogP contribution >= 0.6 is 11.6 Å². The number of nitrogens with one attached hydrogen (secondary N) is 1. The number of hydrogen-bond donors (Lipinski definition) is 1. The quantitative estimate of drug-likeness (QED) is 0.268. The second-order valence-corrected chi connectivity index (χ2v) is 11.3. The zero-order valence-corrected chi connectivity index (χ0v) is 23.2. The third-order valence-electron chi connectivity index (χ3n) is 5.86. The first-order valence-corrected chi connectivity index (χ1v) is 13.9. The van der Waals surface area contributed by atoms with E-state index in [1.54, 1.807) is 63.2 Å². The molecule has 0 aromatic heterocycles. The molecule has 0 radical (unpaired) electrons. The molecule has 0 aliphatic heterocycles. The van der Waals surface area contributed by atoms with Crippen molar-refractivity contribution in [1.82, 2.24) is 10.2 Å². The molecule has 2 amide bonds. The van der Waals surface area contributed by atoms with E-state index >= 15 is 0 Å². The summed E-state index contributed by atoms with van der Waals surface area (Å²) >= 11 is 6.34. The fourth-order valence-electron chi connectivity index (χ4n) is 3.79. The number of rotatable bonds is 11. The van der Waals surface area contributed by atoms with Crippen molar-refractivity contribution in [3.05, 3.63) is 99.6 Å². The van der Waals surface area contributed by atoms with E-state index in [1.165, 1.54) is 29.2 Å². The summed E-state index contributed by atoms with van der Waals surface area (Å²) in [4.78, 5) is 38.5. The van der Waals surface area contributed by atoms with Crippen LogP contribution in [0.15, 0.2) is 83.8 Å². The lowest BCUT2D eigenvalue weighted by atomic mass is 10.1. The van der Waals surface area contributed by atoms with Crippen LogP contribution < -0.4 is 9.62 Å². The maximum atomic E-state index is 13.8. The predicted molar refractivity (Wildman–Crippen MR) is 149 cm³/mol. The van der Waals surface area contributed by atoms with Gasteiger partial charge in [-0.1, -0.05) is 48.0 Å².